The van der Waals surface area contributed by atoms with Crippen molar-refractivity contribution in [3.05, 3.63) is 0 Å². The molecule has 21 heavy (non-hydrogen) atoms. The lowest BCUT2D eigenvalue weighted by Gasteiger charge is -2.34. The van der Waals surface area contributed by atoms with Gasteiger partial charge in [0.2, 0.25) is 11.8 Å². The fraction of sp³-hybridized carbons (Fsp3) is 0.786. The Morgan fingerprint density at radius 2 is 1.86 bits per heavy atom. The van der Waals surface area contributed by atoms with Gasteiger partial charge in [-0.1, -0.05) is 30.8 Å². The first-order valence-corrected chi connectivity index (χ1v) is 7.42. The van der Waals surface area contributed by atoms with E-state index in [9.17, 15) is 9.59 Å². The molecule has 0 saturated heterocycles. The van der Waals surface area contributed by atoms with Crippen LogP contribution < -0.4 is 11.1 Å². The number of nitrogens with two attached hydrogens (primary N) is 1. The Labute approximate surface area is 125 Å². The Morgan fingerprint density at radius 1 is 1.29 bits per heavy atom. The predicted molar refractivity (Wildman–Crippen MR) is 79.9 cm³/mol. The number of hydrogen-bond acceptors (Lipinski definition) is 4. The summed E-state index contributed by atoms with van der Waals surface area (Å²) >= 11 is 0. The van der Waals surface area contributed by atoms with Crippen molar-refractivity contribution in [3.8, 4) is 0 Å². The lowest BCUT2D eigenvalue weighted by atomic mass is 9.77. The molecule has 0 heterocycles. The normalized spacial score (nSPS) is 18.7. The maximum atomic E-state index is 12.8. The monoisotopic (exact) mass is 298 g/mol. The predicted octanol–water partition coefficient (Wildman–Crippen LogP) is 0.668. The van der Waals surface area contributed by atoms with Gasteiger partial charge in [0.1, 0.15) is 5.41 Å². The molecule has 1 rings (SSSR count). The number of amides is 2. The van der Waals surface area contributed by atoms with Crippen LogP contribution in [0.25, 0.3) is 0 Å². The number of hydrogen-bond donors (Lipinski definition) is 3. The number of carbonyl (C=O) groups is 2. The van der Waals surface area contributed by atoms with Crippen molar-refractivity contribution < 1.29 is 14.8 Å². The fourth-order valence-corrected chi connectivity index (χ4v) is 2.87. The van der Waals surface area contributed by atoms with E-state index in [1.807, 2.05) is 0 Å². The molecule has 1 fully saturated rings. The first-order valence-electron chi connectivity index (χ1n) is 7.42. The van der Waals surface area contributed by atoms with Crippen LogP contribution in [0.3, 0.4) is 0 Å². The van der Waals surface area contributed by atoms with Crippen LogP contribution in [0.15, 0.2) is 5.16 Å². The second kappa shape index (κ2) is 7.85. The number of nitrogens with zero attached hydrogens (tertiary/aromatic N) is 2. The highest BCUT2D eigenvalue weighted by Gasteiger charge is 2.44. The molecule has 4 N–H and O–H groups in total. The van der Waals surface area contributed by atoms with Crippen LogP contribution in [0.4, 0.5) is 0 Å². The third-order valence-electron chi connectivity index (χ3n) is 4.26. The van der Waals surface area contributed by atoms with Gasteiger partial charge in [0.05, 0.1) is 0 Å². The van der Waals surface area contributed by atoms with E-state index in [-0.39, 0.29) is 24.1 Å². The Morgan fingerprint density at radius 3 is 2.33 bits per heavy atom. The molecule has 2 amide bonds. The number of nitrogens with one attached hydrogen (secondary N) is 1. The molecule has 0 aromatic heterocycles. The van der Waals surface area contributed by atoms with Gasteiger partial charge in [0.25, 0.3) is 0 Å². The highest BCUT2D eigenvalue weighted by Crippen LogP contribution is 2.37. The van der Waals surface area contributed by atoms with Crippen molar-refractivity contribution in [3.63, 3.8) is 0 Å². The van der Waals surface area contributed by atoms with Gasteiger partial charge in [-0.25, -0.2) is 0 Å². The molecule has 1 aliphatic carbocycles. The summed E-state index contributed by atoms with van der Waals surface area (Å²) in [6, 6.07) is 0. The van der Waals surface area contributed by atoms with E-state index < -0.39 is 5.41 Å². The van der Waals surface area contributed by atoms with E-state index in [0.717, 1.165) is 25.7 Å². The Balaban J connectivity index is 2.87. The van der Waals surface area contributed by atoms with Gasteiger partial charge in [0.15, 0.2) is 5.84 Å². The molecule has 0 radical (unpaired) electrons. The van der Waals surface area contributed by atoms with Crippen LogP contribution in [0.2, 0.25) is 0 Å². The van der Waals surface area contributed by atoms with Gasteiger partial charge >= 0.3 is 0 Å². The molecule has 0 unspecified atom stereocenters. The molecule has 0 atom stereocenters. The lowest BCUT2D eigenvalue weighted by molar-refractivity contribution is -0.138. The number of rotatable bonds is 5. The zero-order chi connectivity index (χ0) is 15.9. The molecular weight excluding hydrogens is 272 g/mol. The van der Waals surface area contributed by atoms with E-state index in [1.54, 1.807) is 14.1 Å². The average molecular weight is 298 g/mol. The molecule has 7 heteroatoms. The van der Waals surface area contributed by atoms with Crippen LogP contribution >= 0.6 is 0 Å². The maximum Gasteiger partial charge on any atom is 0.236 e. The lowest BCUT2D eigenvalue weighted by Crippen LogP contribution is -2.50. The van der Waals surface area contributed by atoms with Gasteiger partial charge in [-0.05, 0) is 12.8 Å². The zero-order valence-electron chi connectivity index (χ0n) is 12.9. The van der Waals surface area contributed by atoms with Crippen LogP contribution in [0.1, 0.15) is 44.9 Å². The van der Waals surface area contributed by atoms with Crippen LogP contribution in [-0.2, 0) is 9.59 Å². The zero-order valence-corrected chi connectivity index (χ0v) is 12.9. The standard InChI is InChI=1S/C14H26N4O3/c1-16-11(19)7-10-18(2)13(20)14(12(15)17-21)8-5-3-4-6-9-14/h21H,3-10H2,1-2H3,(H2,15,17)(H,16,19). The second-order valence-corrected chi connectivity index (χ2v) is 5.63. The van der Waals surface area contributed by atoms with Gasteiger partial charge < -0.3 is 21.2 Å². The molecule has 0 aromatic carbocycles. The summed E-state index contributed by atoms with van der Waals surface area (Å²) in [4.78, 5) is 25.6. The molecule has 0 aliphatic heterocycles. The Kier molecular flexibility index (Phi) is 6.45. The van der Waals surface area contributed by atoms with Crippen molar-refractivity contribution >= 4 is 17.6 Å². The number of amidine groups is 1. The van der Waals surface area contributed by atoms with Crippen molar-refractivity contribution in [2.75, 3.05) is 20.6 Å². The molecule has 7 nitrogen and oxygen atoms in total. The Hall–Kier alpha value is -1.79. The quantitative estimate of drug-likeness (QED) is 0.228. The summed E-state index contributed by atoms with van der Waals surface area (Å²) < 4.78 is 0. The van der Waals surface area contributed by atoms with Crippen LogP contribution in [0, 0.1) is 5.41 Å². The largest absolute Gasteiger partial charge is 0.409 e. The Bertz CT molecular complexity index is 401. The molecule has 0 bridgehead atoms. The third-order valence-corrected chi connectivity index (χ3v) is 4.26. The summed E-state index contributed by atoms with van der Waals surface area (Å²) in [7, 11) is 3.22. The number of carbonyl (C=O) groups excluding carboxylic acids is 2. The van der Waals surface area contributed by atoms with Crippen molar-refractivity contribution in [2.24, 2.45) is 16.3 Å². The van der Waals surface area contributed by atoms with E-state index in [1.165, 1.54) is 4.90 Å². The molecule has 0 spiro atoms. The summed E-state index contributed by atoms with van der Waals surface area (Å²) in [5.41, 5.74) is 4.92. The smallest absolute Gasteiger partial charge is 0.236 e. The molecular formula is C14H26N4O3. The highest BCUT2D eigenvalue weighted by atomic mass is 16.4. The maximum absolute atomic E-state index is 12.8. The van der Waals surface area contributed by atoms with Gasteiger partial charge in [-0.15, -0.1) is 0 Å². The van der Waals surface area contributed by atoms with Gasteiger partial charge in [0, 0.05) is 27.1 Å². The third kappa shape index (κ3) is 4.09. The summed E-state index contributed by atoms with van der Waals surface area (Å²) in [5, 5.41) is 14.7. The minimum Gasteiger partial charge on any atom is -0.409 e. The van der Waals surface area contributed by atoms with Crippen molar-refractivity contribution in [2.45, 2.75) is 44.9 Å². The van der Waals surface area contributed by atoms with Crippen molar-refractivity contribution in [1.82, 2.24) is 10.2 Å². The minimum absolute atomic E-state index is 0.0128. The fourth-order valence-electron chi connectivity index (χ4n) is 2.87. The minimum atomic E-state index is -0.928. The second-order valence-electron chi connectivity index (χ2n) is 5.63. The first-order chi connectivity index (χ1) is 9.97. The average Bonchev–Trinajstić information content (AvgIpc) is 2.77. The molecule has 1 aliphatic rings. The SMILES string of the molecule is CNC(=O)CCN(C)C(=O)C1(C(N)=NO)CCCCCC1. The highest BCUT2D eigenvalue weighted by molar-refractivity contribution is 6.06. The first kappa shape index (κ1) is 17.3. The van der Waals surface area contributed by atoms with E-state index >= 15 is 0 Å². The molecule has 0 aromatic rings. The van der Waals surface area contributed by atoms with Crippen LogP contribution in [0.5, 0.6) is 0 Å². The van der Waals surface area contributed by atoms with Crippen molar-refractivity contribution in [1.29, 1.82) is 0 Å². The van der Waals surface area contributed by atoms with E-state index in [4.69, 9.17) is 10.9 Å². The topological polar surface area (TPSA) is 108 Å². The summed E-state index contributed by atoms with van der Waals surface area (Å²) in [6.07, 6.45) is 5.28. The van der Waals surface area contributed by atoms with Gasteiger partial charge in [-0.3, -0.25) is 9.59 Å². The molecule has 1 saturated carbocycles. The van der Waals surface area contributed by atoms with Gasteiger partial charge in [-0.2, -0.15) is 0 Å². The van der Waals surface area contributed by atoms with Crippen LogP contribution in [-0.4, -0.2) is 48.4 Å². The van der Waals surface area contributed by atoms with E-state index in [2.05, 4.69) is 10.5 Å². The summed E-state index contributed by atoms with van der Waals surface area (Å²) in [5.74, 6) is -0.293. The summed E-state index contributed by atoms with van der Waals surface area (Å²) in [6.45, 7) is 0.318. The van der Waals surface area contributed by atoms with E-state index in [0.29, 0.717) is 19.4 Å². The number of oxime groups is 1. The molecule has 120 valence electrons.